The standard InChI is InChI=1S/C13H22N2OS/c1-15(9-12-3-8-17-10-12)13(11-14)4-2-6-16-7-5-13/h3,8,10H,2,4-7,9,11,14H2,1H3. The van der Waals surface area contributed by atoms with Crippen molar-refractivity contribution in [3.8, 4) is 0 Å². The molecule has 1 atom stereocenters. The Morgan fingerprint density at radius 2 is 2.35 bits per heavy atom. The van der Waals surface area contributed by atoms with Crippen LogP contribution in [0.15, 0.2) is 16.8 Å². The van der Waals surface area contributed by atoms with Gasteiger partial charge >= 0.3 is 0 Å². The quantitative estimate of drug-likeness (QED) is 0.894. The second-order valence-corrected chi connectivity index (χ2v) is 5.66. The van der Waals surface area contributed by atoms with Crippen LogP contribution in [0.5, 0.6) is 0 Å². The maximum atomic E-state index is 6.04. The Morgan fingerprint density at radius 1 is 1.47 bits per heavy atom. The van der Waals surface area contributed by atoms with Crippen molar-refractivity contribution in [3.05, 3.63) is 22.4 Å². The number of nitrogens with two attached hydrogens (primary N) is 1. The van der Waals surface area contributed by atoms with Gasteiger partial charge in [-0.1, -0.05) is 0 Å². The molecule has 2 rings (SSSR count). The van der Waals surface area contributed by atoms with Gasteiger partial charge in [-0.15, -0.1) is 0 Å². The molecule has 0 spiro atoms. The summed E-state index contributed by atoms with van der Waals surface area (Å²) in [5.41, 5.74) is 7.55. The smallest absolute Gasteiger partial charge is 0.0484 e. The Morgan fingerprint density at radius 3 is 3.06 bits per heavy atom. The van der Waals surface area contributed by atoms with Crippen LogP contribution in [0.1, 0.15) is 24.8 Å². The highest BCUT2D eigenvalue weighted by molar-refractivity contribution is 7.07. The van der Waals surface area contributed by atoms with Crippen LogP contribution in [0.25, 0.3) is 0 Å². The average Bonchev–Trinajstić information content (AvgIpc) is 2.72. The zero-order valence-electron chi connectivity index (χ0n) is 10.5. The summed E-state index contributed by atoms with van der Waals surface area (Å²) in [5, 5.41) is 4.35. The highest BCUT2D eigenvalue weighted by Crippen LogP contribution is 2.28. The molecule has 1 aromatic heterocycles. The summed E-state index contributed by atoms with van der Waals surface area (Å²) in [5.74, 6) is 0. The first-order valence-electron chi connectivity index (χ1n) is 6.27. The van der Waals surface area contributed by atoms with Crippen LogP contribution in [-0.4, -0.2) is 37.2 Å². The summed E-state index contributed by atoms with van der Waals surface area (Å²) in [6.07, 6.45) is 3.31. The lowest BCUT2D eigenvalue weighted by Gasteiger charge is -2.40. The molecule has 0 saturated carbocycles. The molecule has 1 aliphatic heterocycles. The molecule has 2 N–H and O–H groups in total. The van der Waals surface area contributed by atoms with E-state index < -0.39 is 0 Å². The predicted octanol–water partition coefficient (Wildman–Crippen LogP) is 2.08. The van der Waals surface area contributed by atoms with Crippen molar-refractivity contribution in [2.75, 3.05) is 26.8 Å². The number of likely N-dealkylation sites (N-methyl/N-ethyl adjacent to an activating group) is 1. The molecule has 2 heterocycles. The van der Waals surface area contributed by atoms with Gasteiger partial charge in [0.1, 0.15) is 0 Å². The van der Waals surface area contributed by atoms with E-state index in [9.17, 15) is 0 Å². The molecule has 0 radical (unpaired) electrons. The minimum Gasteiger partial charge on any atom is -0.381 e. The van der Waals surface area contributed by atoms with E-state index in [1.54, 1.807) is 11.3 Å². The normalized spacial score (nSPS) is 26.1. The van der Waals surface area contributed by atoms with Crippen LogP contribution >= 0.6 is 11.3 Å². The Kier molecular flexibility index (Phi) is 4.56. The maximum absolute atomic E-state index is 6.04. The largest absolute Gasteiger partial charge is 0.381 e. The summed E-state index contributed by atoms with van der Waals surface area (Å²) in [4.78, 5) is 2.42. The second-order valence-electron chi connectivity index (χ2n) is 4.88. The van der Waals surface area contributed by atoms with Crippen molar-refractivity contribution in [2.24, 2.45) is 5.73 Å². The SMILES string of the molecule is CN(Cc1ccsc1)C1(CN)CCCOCC1. The van der Waals surface area contributed by atoms with E-state index in [1.807, 2.05) is 0 Å². The summed E-state index contributed by atoms with van der Waals surface area (Å²) in [6.45, 7) is 3.43. The third-order valence-corrected chi connectivity index (χ3v) is 4.56. The summed E-state index contributed by atoms with van der Waals surface area (Å²) >= 11 is 1.76. The van der Waals surface area contributed by atoms with Gasteiger partial charge in [0.2, 0.25) is 0 Å². The molecular weight excluding hydrogens is 232 g/mol. The third-order valence-electron chi connectivity index (χ3n) is 3.83. The molecule has 1 aliphatic rings. The highest BCUT2D eigenvalue weighted by Gasteiger charge is 2.33. The average molecular weight is 254 g/mol. The fraction of sp³-hybridized carbons (Fsp3) is 0.692. The fourth-order valence-electron chi connectivity index (χ4n) is 2.56. The van der Waals surface area contributed by atoms with Gasteiger partial charge in [0, 0.05) is 31.8 Å². The van der Waals surface area contributed by atoms with Gasteiger partial charge < -0.3 is 10.5 Å². The molecule has 1 aromatic rings. The number of rotatable bonds is 4. The van der Waals surface area contributed by atoms with E-state index in [1.165, 1.54) is 5.56 Å². The van der Waals surface area contributed by atoms with Crippen molar-refractivity contribution in [1.29, 1.82) is 0 Å². The van der Waals surface area contributed by atoms with Crippen molar-refractivity contribution < 1.29 is 4.74 Å². The molecule has 0 aliphatic carbocycles. The van der Waals surface area contributed by atoms with Crippen molar-refractivity contribution in [2.45, 2.75) is 31.3 Å². The van der Waals surface area contributed by atoms with Gasteiger partial charge in [0.25, 0.3) is 0 Å². The van der Waals surface area contributed by atoms with E-state index in [-0.39, 0.29) is 5.54 Å². The molecular formula is C13H22N2OS. The van der Waals surface area contributed by atoms with Gasteiger partial charge in [-0.3, -0.25) is 4.90 Å². The van der Waals surface area contributed by atoms with Crippen molar-refractivity contribution >= 4 is 11.3 Å². The van der Waals surface area contributed by atoms with Crippen LogP contribution < -0.4 is 5.73 Å². The maximum Gasteiger partial charge on any atom is 0.0484 e. The molecule has 0 amide bonds. The highest BCUT2D eigenvalue weighted by atomic mass is 32.1. The molecule has 96 valence electrons. The van der Waals surface area contributed by atoms with Gasteiger partial charge in [-0.2, -0.15) is 11.3 Å². The van der Waals surface area contributed by atoms with Crippen molar-refractivity contribution in [1.82, 2.24) is 4.90 Å². The third kappa shape index (κ3) is 3.07. The number of ether oxygens (including phenoxy) is 1. The van der Waals surface area contributed by atoms with Gasteiger partial charge in [0.05, 0.1) is 0 Å². The van der Waals surface area contributed by atoms with Crippen LogP contribution in [0.4, 0.5) is 0 Å². The van der Waals surface area contributed by atoms with Crippen LogP contribution in [0.2, 0.25) is 0 Å². The molecule has 1 unspecified atom stereocenters. The summed E-state index contributed by atoms with van der Waals surface area (Å²) in [7, 11) is 2.19. The lowest BCUT2D eigenvalue weighted by molar-refractivity contribution is 0.0836. The Bertz CT molecular complexity index is 318. The lowest BCUT2D eigenvalue weighted by Crippen LogP contribution is -2.51. The van der Waals surface area contributed by atoms with Gasteiger partial charge in [-0.25, -0.2) is 0 Å². The summed E-state index contributed by atoms with van der Waals surface area (Å²) < 4.78 is 5.56. The number of hydrogen-bond donors (Lipinski definition) is 1. The molecule has 17 heavy (non-hydrogen) atoms. The fourth-order valence-corrected chi connectivity index (χ4v) is 3.22. The lowest BCUT2D eigenvalue weighted by atomic mass is 9.88. The molecule has 1 fully saturated rings. The molecule has 0 aromatic carbocycles. The van der Waals surface area contributed by atoms with E-state index in [4.69, 9.17) is 10.5 Å². The molecule has 1 saturated heterocycles. The van der Waals surface area contributed by atoms with E-state index in [0.717, 1.165) is 45.6 Å². The first-order chi connectivity index (χ1) is 8.27. The van der Waals surface area contributed by atoms with E-state index in [2.05, 4.69) is 28.8 Å². The Hall–Kier alpha value is -0.420. The summed E-state index contributed by atoms with van der Waals surface area (Å²) in [6, 6.07) is 2.19. The van der Waals surface area contributed by atoms with Crippen molar-refractivity contribution in [3.63, 3.8) is 0 Å². The minimum atomic E-state index is 0.123. The van der Waals surface area contributed by atoms with E-state index in [0.29, 0.717) is 0 Å². The first kappa shape index (κ1) is 13.0. The zero-order chi connectivity index (χ0) is 12.1. The molecule has 4 heteroatoms. The minimum absolute atomic E-state index is 0.123. The van der Waals surface area contributed by atoms with Gasteiger partial charge in [-0.05, 0) is 48.7 Å². The van der Waals surface area contributed by atoms with Gasteiger partial charge in [0.15, 0.2) is 0 Å². The topological polar surface area (TPSA) is 38.5 Å². The first-order valence-corrected chi connectivity index (χ1v) is 7.21. The Balaban J connectivity index is 2.04. The predicted molar refractivity (Wildman–Crippen MR) is 72.2 cm³/mol. The van der Waals surface area contributed by atoms with E-state index >= 15 is 0 Å². The molecule has 0 bridgehead atoms. The number of thiophene rings is 1. The monoisotopic (exact) mass is 254 g/mol. The molecule has 3 nitrogen and oxygen atoms in total. The second kappa shape index (κ2) is 5.96. The zero-order valence-corrected chi connectivity index (χ0v) is 11.3. The number of hydrogen-bond acceptors (Lipinski definition) is 4. The number of nitrogens with zero attached hydrogens (tertiary/aromatic N) is 1. The van der Waals surface area contributed by atoms with Crippen LogP contribution in [0, 0.1) is 0 Å². The van der Waals surface area contributed by atoms with Crippen LogP contribution in [-0.2, 0) is 11.3 Å². The Labute approximate surface area is 108 Å². The van der Waals surface area contributed by atoms with Crippen LogP contribution in [0.3, 0.4) is 0 Å².